The smallest absolute Gasteiger partial charge is 0.263 e. The van der Waals surface area contributed by atoms with E-state index in [0.717, 1.165) is 24.2 Å². The van der Waals surface area contributed by atoms with E-state index in [1.807, 2.05) is 23.6 Å². The quantitative estimate of drug-likeness (QED) is 0.706. The lowest BCUT2D eigenvalue weighted by Crippen LogP contribution is -2.44. The van der Waals surface area contributed by atoms with E-state index >= 15 is 0 Å². The highest BCUT2D eigenvalue weighted by Crippen LogP contribution is 2.20. The van der Waals surface area contributed by atoms with E-state index in [1.54, 1.807) is 12.1 Å². The first-order valence-corrected chi connectivity index (χ1v) is 10.1. The van der Waals surface area contributed by atoms with E-state index in [4.69, 9.17) is 4.74 Å². The minimum Gasteiger partial charge on any atom is -0.373 e. The molecule has 0 unspecified atom stereocenters. The van der Waals surface area contributed by atoms with Gasteiger partial charge in [0.1, 0.15) is 5.56 Å². The highest BCUT2D eigenvalue weighted by atomic mass is 32.1. The summed E-state index contributed by atoms with van der Waals surface area (Å²) < 4.78 is 5.75. The summed E-state index contributed by atoms with van der Waals surface area (Å²) in [4.78, 5) is 34.4. The number of ether oxygens (including phenoxy) is 1. The van der Waals surface area contributed by atoms with Crippen LogP contribution in [0.2, 0.25) is 0 Å². The Labute approximate surface area is 166 Å². The number of H-pyrrole nitrogens is 1. The third-order valence-corrected chi connectivity index (χ3v) is 5.46. The molecular weight excluding hydrogens is 376 g/mol. The number of anilines is 1. The summed E-state index contributed by atoms with van der Waals surface area (Å²) >= 11 is 1.36. The summed E-state index contributed by atoms with van der Waals surface area (Å²) in [7, 11) is 0. The average Bonchev–Trinajstić information content (AvgIpc) is 3.06. The fourth-order valence-electron chi connectivity index (χ4n) is 3.56. The van der Waals surface area contributed by atoms with Gasteiger partial charge in [-0.25, -0.2) is 4.98 Å². The topological polar surface area (TPSA) is 87.3 Å². The highest BCUT2D eigenvalue weighted by Gasteiger charge is 2.23. The molecule has 1 aromatic carbocycles. The number of nitrogens with zero attached hydrogens (tertiary/aromatic N) is 2. The molecular formula is C20H22N4O3S. The van der Waals surface area contributed by atoms with Crippen LogP contribution in [0, 0.1) is 0 Å². The summed E-state index contributed by atoms with van der Waals surface area (Å²) in [5, 5.41) is 5.98. The van der Waals surface area contributed by atoms with Crippen molar-refractivity contribution >= 4 is 33.3 Å². The normalized spacial score (nSPS) is 20.4. The van der Waals surface area contributed by atoms with Crippen molar-refractivity contribution < 1.29 is 9.53 Å². The number of aromatic amines is 1. The number of hydrogen-bond acceptors (Lipinski definition) is 6. The predicted octanol–water partition coefficient (Wildman–Crippen LogP) is 2.85. The molecule has 0 aliphatic carbocycles. The Bertz CT molecular complexity index is 1050. The average molecular weight is 398 g/mol. The number of para-hydroxylation sites is 1. The Balaban J connectivity index is 1.46. The molecule has 1 aliphatic rings. The second-order valence-electron chi connectivity index (χ2n) is 7.15. The molecule has 1 saturated heterocycles. The van der Waals surface area contributed by atoms with Gasteiger partial charge < -0.3 is 9.72 Å². The summed E-state index contributed by atoms with van der Waals surface area (Å²) in [5.74, 6) is -0.457. The fraction of sp³-hybridized carbons (Fsp3) is 0.350. The molecule has 0 bridgehead atoms. The first-order valence-electron chi connectivity index (χ1n) is 9.23. The first kappa shape index (κ1) is 18.8. The van der Waals surface area contributed by atoms with Crippen LogP contribution < -0.4 is 10.9 Å². The van der Waals surface area contributed by atoms with Crippen LogP contribution in [0.5, 0.6) is 0 Å². The first-order chi connectivity index (χ1) is 13.5. The van der Waals surface area contributed by atoms with E-state index in [2.05, 4.69) is 34.0 Å². The van der Waals surface area contributed by atoms with Gasteiger partial charge in [-0.3, -0.25) is 19.8 Å². The molecule has 7 nitrogen and oxygen atoms in total. The second-order valence-corrected chi connectivity index (χ2v) is 8.01. The van der Waals surface area contributed by atoms with Gasteiger partial charge in [0, 0.05) is 30.5 Å². The van der Waals surface area contributed by atoms with E-state index < -0.39 is 11.5 Å². The maximum atomic E-state index is 12.6. The molecule has 0 spiro atoms. The number of nitrogens with one attached hydrogen (secondary N) is 2. The Morgan fingerprint density at radius 3 is 2.86 bits per heavy atom. The van der Waals surface area contributed by atoms with Gasteiger partial charge in [-0.1, -0.05) is 18.2 Å². The van der Waals surface area contributed by atoms with Gasteiger partial charge in [0.05, 0.1) is 17.9 Å². The molecule has 1 aliphatic heterocycles. The van der Waals surface area contributed by atoms with Gasteiger partial charge in [0.15, 0.2) is 5.13 Å². The van der Waals surface area contributed by atoms with Crippen molar-refractivity contribution in [2.45, 2.75) is 32.6 Å². The number of carbonyl (C=O) groups is 1. The van der Waals surface area contributed by atoms with Crippen LogP contribution in [0.15, 0.2) is 40.5 Å². The van der Waals surface area contributed by atoms with Crippen LogP contribution in [-0.4, -0.2) is 46.1 Å². The van der Waals surface area contributed by atoms with Crippen LogP contribution in [0.3, 0.4) is 0 Å². The minimum absolute atomic E-state index is 0.0753. The van der Waals surface area contributed by atoms with E-state index in [0.29, 0.717) is 17.2 Å². The van der Waals surface area contributed by atoms with E-state index in [-0.39, 0.29) is 17.8 Å². The van der Waals surface area contributed by atoms with Crippen molar-refractivity contribution in [3.63, 3.8) is 0 Å². The van der Waals surface area contributed by atoms with E-state index in [1.165, 1.54) is 11.3 Å². The number of rotatable bonds is 4. The largest absolute Gasteiger partial charge is 0.373 e. The van der Waals surface area contributed by atoms with Crippen molar-refractivity contribution in [3.8, 4) is 0 Å². The second kappa shape index (κ2) is 7.83. The lowest BCUT2D eigenvalue weighted by Gasteiger charge is -2.34. The molecule has 2 aromatic heterocycles. The van der Waals surface area contributed by atoms with Crippen LogP contribution in [0.4, 0.5) is 5.13 Å². The molecule has 28 heavy (non-hydrogen) atoms. The van der Waals surface area contributed by atoms with Crippen LogP contribution in [-0.2, 0) is 11.3 Å². The van der Waals surface area contributed by atoms with Crippen LogP contribution >= 0.6 is 11.3 Å². The number of hydrogen-bond donors (Lipinski definition) is 2. The zero-order chi connectivity index (χ0) is 19.7. The Hall–Kier alpha value is -2.55. The maximum Gasteiger partial charge on any atom is 0.263 e. The van der Waals surface area contributed by atoms with Gasteiger partial charge in [0.25, 0.3) is 11.5 Å². The molecule has 0 radical (unpaired) electrons. The molecule has 3 heterocycles. The van der Waals surface area contributed by atoms with Gasteiger partial charge in [-0.2, -0.15) is 0 Å². The van der Waals surface area contributed by atoms with Crippen molar-refractivity contribution in [1.29, 1.82) is 0 Å². The summed E-state index contributed by atoms with van der Waals surface area (Å²) in [6, 6.07) is 8.97. The monoisotopic (exact) mass is 398 g/mol. The third kappa shape index (κ3) is 4.14. The molecule has 8 heteroatoms. The van der Waals surface area contributed by atoms with E-state index in [9.17, 15) is 9.59 Å². The number of amides is 1. The standard InChI is InChI=1S/C20H22N4O3S/c1-12-8-24(9-13(2)27-12)10-15-11-28-20(21-15)23-19(26)16-7-14-5-3-4-6-17(14)22-18(16)25/h3-7,11-13H,8-10H2,1-2H3,(H,22,25)(H,21,23,26)/t12-,13+. The predicted molar refractivity (Wildman–Crippen MR) is 110 cm³/mol. The van der Waals surface area contributed by atoms with Gasteiger partial charge in [0.2, 0.25) is 0 Å². The zero-order valence-corrected chi connectivity index (χ0v) is 16.6. The molecule has 1 amide bonds. The molecule has 2 N–H and O–H groups in total. The number of carbonyl (C=O) groups excluding carboxylic acids is 1. The van der Waals surface area contributed by atoms with Gasteiger partial charge >= 0.3 is 0 Å². The number of thiazole rings is 1. The highest BCUT2D eigenvalue weighted by molar-refractivity contribution is 7.14. The lowest BCUT2D eigenvalue weighted by molar-refractivity contribution is -0.0707. The number of aromatic nitrogens is 2. The van der Waals surface area contributed by atoms with Crippen molar-refractivity contribution in [3.05, 3.63) is 57.3 Å². The summed E-state index contributed by atoms with van der Waals surface area (Å²) in [5.41, 5.74) is 1.26. The molecule has 4 rings (SSSR count). The minimum atomic E-state index is -0.457. The van der Waals surface area contributed by atoms with Gasteiger partial charge in [-0.05, 0) is 31.4 Å². The SMILES string of the molecule is C[C@@H]1CN(Cc2csc(NC(=O)c3cc4ccccc4[nH]c3=O)n2)C[C@H](C)O1. The Morgan fingerprint density at radius 1 is 1.32 bits per heavy atom. The third-order valence-electron chi connectivity index (χ3n) is 4.65. The van der Waals surface area contributed by atoms with Gasteiger partial charge in [-0.15, -0.1) is 11.3 Å². The zero-order valence-electron chi connectivity index (χ0n) is 15.8. The maximum absolute atomic E-state index is 12.6. The van der Waals surface area contributed by atoms with Crippen molar-refractivity contribution in [2.75, 3.05) is 18.4 Å². The number of benzene rings is 1. The van der Waals surface area contributed by atoms with Crippen molar-refractivity contribution in [2.24, 2.45) is 0 Å². The molecule has 2 atom stereocenters. The fourth-order valence-corrected chi connectivity index (χ4v) is 4.26. The Morgan fingerprint density at radius 2 is 2.07 bits per heavy atom. The molecule has 146 valence electrons. The summed E-state index contributed by atoms with van der Waals surface area (Å²) in [6.45, 7) is 6.56. The molecule has 3 aromatic rings. The van der Waals surface area contributed by atoms with Crippen molar-refractivity contribution in [1.82, 2.24) is 14.9 Å². The number of morpholine rings is 1. The lowest BCUT2D eigenvalue weighted by atomic mass is 10.1. The van der Waals surface area contributed by atoms with Crippen LogP contribution in [0.1, 0.15) is 29.9 Å². The number of pyridine rings is 1. The summed E-state index contributed by atoms with van der Waals surface area (Å²) in [6.07, 6.45) is 0.391. The Kier molecular flexibility index (Phi) is 5.25. The molecule has 1 fully saturated rings. The number of fused-ring (bicyclic) bond motifs is 1. The van der Waals surface area contributed by atoms with Crippen LogP contribution in [0.25, 0.3) is 10.9 Å². The molecule has 0 saturated carbocycles.